The van der Waals surface area contributed by atoms with E-state index < -0.39 is 30.7 Å². The highest BCUT2D eigenvalue weighted by atomic mass is 19.4. The highest BCUT2D eigenvalue weighted by Gasteiger charge is 2.28. The van der Waals surface area contributed by atoms with Gasteiger partial charge < -0.3 is 10.3 Å². The molecule has 2 rings (SSSR count). The number of aryl methyl sites for hydroxylation is 1. The summed E-state index contributed by atoms with van der Waals surface area (Å²) in [5.74, 6) is -2.78. The van der Waals surface area contributed by atoms with Crippen molar-refractivity contribution in [1.82, 2.24) is 10.1 Å². The number of aromatic nitrogens is 2. The molecule has 1 aromatic heterocycles. The molecule has 20 heavy (non-hydrogen) atoms. The Morgan fingerprint density at radius 1 is 1.15 bits per heavy atom. The summed E-state index contributed by atoms with van der Waals surface area (Å²) in [5.41, 5.74) is 5.23. The zero-order valence-corrected chi connectivity index (χ0v) is 9.84. The van der Waals surface area contributed by atoms with Gasteiger partial charge in [-0.2, -0.15) is 18.2 Å². The molecule has 0 saturated heterocycles. The van der Waals surface area contributed by atoms with Crippen LogP contribution in [0.2, 0.25) is 0 Å². The van der Waals surface area contributed by atoms with Crippen molar-refractivity contribution in [2.24, 2.45) is 0 Å². The molecule has 0 atom stereocenters. The van der Waals surface area contributed by atoms with Crippen LogP contribution in [0, 0.1) is 11.6 Å². The lowest BCUT2D eigenvalue weighted by molar-refractivity contribution is -0.134. The summed E-state index contributed by atoms with van der Waals surface area (Å²) in [6.07, 6.45) is -5.93. The van der Waals surface area contributed by atoms with Crippen LogP contribution in [0.25, 0.3) is 11.5 Å². The molecule has 0 bridgehead atoms. The molecular weight excluding hydrogens is 285 g/mol. The summed E-state index contributed by atoms with van der Waals surface area (Å²) in [6.45, 7) is 0. The second-order valence-corrected chi connectivity index (χ2v) is 3.98. The molecule has 0 spiro atoms. The van der Waals surface area contributed by atoms with E-state index in [4.69, 9.17) is 10.3 Å². The number of rotatable bonds is 3. The van der Waals surface area contributed by atoms with E-state index in [-0.39, 0.29) is 23.0 Å². The summed E-state index contributed by atoms with van der Waals surface area (Å²) >= 11 is 0. The smallest absolute Gasteiger partial charge is 0.389 e. The van der Waals surface area contributed by atoms with E-state index in [0.29, 0.717) is 0 Å². The maximum atomic E-state index is 13.1. The van der Waals surface area contributed by atoms with E-state index in [0.717, 1.165) is 12.1 Å². The van der Waals surface area contributed by atoms with E-state index in [2.05, 4.69) is 10.1 Å². The molecule has 108 valence electrons. The number of nitrogen functional groups attached to an aromatic ring is 1. The average molecular weight is 293 g/mol. The van der Waals surface area contributed by atoms with Gasteiger partial charge in [0.25, 0.3) is 5.89 Å². The zero-order valence-electron chi connectivity index (χ0n) is 9.84. The zero-order chi connectivity index (χ0) is 14.9. The van der Waals surface area contributed by atoms with Gasteiger partial charge in [0, 0.05) is 18.2 Å². The second-order valence-electron chi connectivity index (χ2n) is 3.98. The van der Waals surface area contributed by atoms with Crippen molar-refractivity contribution in [3.8, 4) is 11.5 Å². The number of halogens is 5. The van der Waals surface area contributed by atoms with E-state index in [1.165, 1.54) is 0 Å². The standard InChI is InChI=1S/C11H8F5N3O/c12-6-3-5(8(17)4-7(6)13)10-18-9(19-20-10)1-2-11(14,15)16/h3-4H,1-2,17H2. The number of hydrogen-bond acceptors (Lipinski definition) is 4. The fraction of sp³-hybridized carbons (Fsp3) is 0.273. The maximum absolute atomic E-state index is 13.1. The molecule has 2 aromatic rings. The topological polar surface area (TPSA) is 64.9 Å². The van der Waals surface area contributed by atoms with Gasteiger partial charge in [-0.15, -0.1) is 0 Å². The Morgan fingerprint density at radius 3 is 2.45 bits per heavy atom. The highest BCUT2D eigenvalue weighted by Crippen LogP contribution is 2.27. The average Bonchev–Trinajstić information content (AvgIpc) is 2.79. The quantitative estimate of drug-likeness (QED) is 0.697. The molecule has 1 aromatic carbocycles. The van der Waals surface area contributed by atoms with E-state index >= 15 is 0 Å². The first kappa shape index (κ1) is 14.2. The van der Waals surface area contributed by atoms with E-state index in [1.807, 2.05) is 0 Å². The largest absolute Gasteiger partial charge is 0.398 e. The van der Waals surface area contributed by atoms with Crippen molar-refractivity contribution < 1.29 is 26.5 Å². The molecule has 0 amide bonds. The van der Waals surface area contributed by atoms with Crippen LogP contribution in [-0.4, -0.2) is 16.3 Å². The maximum Gasteiger partial charge on any atom is 0.389 e. The van der Waals surface area contributed by atoms with Crippen molar-refractivity contribution in [2.75, 3.05) is 5.73 Å². The summed E-state index contributed by atoms with van der Waals surface area (Å²) in [6, 6.07) is 1.47. The summed E-state index contributed by atoms with van der Waals surface area (Å²) in [4.78, 5) is 3.67. The van der Waals surface area contributed by atoms with Crippen LogP contribution in [0.1, 0.15) is 12.2 Å². The predicted octanol–water partition coefficient (Wildman–Crippen LogP) is 3.09. The van der Waals surface area contributed by atoms with Crippen LogP contribution >= 0.6 is 0 Å². The summed E-state index contributed by atoms with van der Waals surface area (Å²) in [5, 5.41) is 3.33. The number of nitrogens with zero attached hydrogens (tertiary/aromatic N) is 2. The van der Waals surface area contributed by atoms with Crippen molar-refractivity contribution in [3.05, 3.63) is 29.6 Å². The van der Waals surface area contributed by atoms with Crippen molar-refractivity contribution in [3.63, 3.8) is 0 Å². The number of anilines is 1. The first-order chi connectivity index (χ1) is 9.26. The minimum atomic E-state index is -4.35. The fourth-order valence-electron chi connectivity index (χ4n) is 1.47. The molecule has 0 unspecified atom stereocenters. The Bertz CT molecular complexity index is 623. The van der Waals surface area contributed by atoms with Crippen molar-refractivity contribution in [2.45, 2.75) is 19.0 Å². The molecule has 0 aliphatic rings. The van der Waals surface area contributed by atoms with Crippen LogP contribution in [0.5, 0.6) is 0 Å². The molecule has 9 heteroatoms. The monoisotopic (exact) mass is 293 g/mol. The molecular formula is C11H8F5N3O. The Kier molecular flexibility index (Phi) is 3.60. The third-order valence-electron chi connectivity index (χ3n) is 2.42. The van der Waals surface area contributed by atoms with Crippen molar-refractivity contribution in [1.29, 1.82) is 0 Å². The normalized spacial score (nSPS) is 11.8. The van der Waals surface area contributed by atoms with E-state index in [9.17, 15) is 22.0 Å². The molecule has 0 fully saturated rings. The van der Waals surface area contributed by atoms with Crippen LogP contribution in [0.15, 0.2) is 16.7 Å². The van der Waals surface area contributed by atoms with Gasteiger partial charge in [0.1, 0.15) is 0 Å². The van der Waals surface area contributed by atoms with Crippen LogP contribution < -0.4 is 5.73 Å². The van der Waals surface area contributed by atoms with Gasteiger partial charge in [0.2, 0.25) is 0 Å². The van der Waals surface area contributed by atoms with Gasteiger partial charge >= 0.3 is 6.18 Å². The SMILES string of the molecule is Nc1cc(F)c(F)cc1-c1nc(CCC(F)(F)F)no1. The minimum absolute atomic E-state index is 0.0744. The molecule has 0 radical (unpaired) electrons. The van der Waals surface area contributed by atoms with Crippen LogP contribution in [0.4, 0.5) is 27.6 Å². The first-order valence-corrected chi connectivity index (χ1v) is 5.40. The molecule has 1 heterocycles. The lowest BCUT2D eigenvalue weighted by Crippen LogP contribution is -2.09. The highest BCUT2D eigenvalue weighted by molar-refractivity contribution is 5.70. The van der Waals surface area contributed by atoms with Crippen LogP contribution in [0.3, 0.4) is 0 Å². The Morgan fingerprint density at radius 2 is 1.80 bits per heavy atom. The van der Waals surface area contributed by atoms with Crippen molar-refractivity contribution >= 4 is 5.69 Å². The number of hydrogen-bond donors (Lipinski definition) is 1. The third-order valence-corrected chi connectivity index (χ3v) is 2.42. The number of alkyl halides is 3. The summed E-state index contributed by atoms with van der Waals surface area (Å²) < 4.78 is 66.8. The summed E-state index contributed by atoms with van der Waals surface area (Å²) in [7, 11) is 0. The second kappa shape index (κ2) is 5.06. The van der Waals surface area contributed by atoms with Gasteiger partial charge in [-0.1, -0.05) is 5.16 Å². The van der Waals surface area contributed by atoms with Gasteiger partial charge in [-0.25, -0.2) is 8.78 Å². The lowest BCUT2D eigenvalue weighted by atomic mass is 10.1. The fourth-order valence-corrected chi connectivity index (χ4v) is 1.47. The van der Waals surface area contributed by atoms with Gasteiger partial charge in [-0.05, 0) is 6.07 Å². The van der Waals surface area contributed by atoms with E-state index in [1.54, 1.807) is 0 Å². The molecule has 0 aliphatic heterocycles. The minimum Gasteiger partial charge on any atom is -0.398 e. The first-order valence-electron chi connectivity index (χ1n) is 5.40. The molecule has 2 N–H and O–H groups in total. The number of benzene rings is 1. The van der Waals surface area contributed by atoms with Crippen LogP contribution in [-0.2, 0) is 6.42 Å². The Balaban J connectivity index is 2.23. The van der Waals surface area contributed by atoms with Gasteiger partial charge in [0.05, 0.1) is 12.0 Å². The number of nitrogens with two attached hydrogens (primary N) is 1. The predicted molar refractivity (Wildman–Crippen MR) is 58.4 cm³/mol. The molecule has 0 aliphatic carbocycles. The Hall–Kier alpha value is -2.19. The molecule has 4 nitrogen and oxygen atoms in total. The lowest BCUT2D eigenvalue weighted by Gasteiger charge is -2.02. The molecule has 0 saturated carbocycles. The Labute approximate surface area is 109 Å². The third kappa shape index (κ3) is 3.22. The van der Waals surface area contributed by atoms with Gasteiger partial charge in [-0.3, -0.25) is 0 Å². The van der Waals surface area contributed by atoms with Gasteiger partial charge in [0.15, 0.2) is 17.5 Å².